The topological polar surface area (TPSA) is 93.9 Å². The van der Waals surface area contributed by atoms with Gasteiger partial charge in [-0.2, -0.15) is 10.4 Å². The van der Waals surface area contributed by atoms with Gasteiger partial charge in [0.1, 0.15) is 17.7 Å². The standard InChI is InChI=1S/C14H20N6O/c1-4-17-14(21)12-8-16-5-6-20(12)13-11(7-15)9(2)10(3)18-19-13/h12,16H,4-6,8H2,1-3H3,(H,17,21). The number of rotatable bonds is 3. The highest BCUT2D eigenvalue weighted by molar-refractivity contribution is 5.86. The van der Waals surface area contributed by atoms with E-state index in [1.165, 1.54) is 0 Å². The minimum absolute atomic E-state index is 0.0615. The molecule has 7 heteroatoms. The number of hydrogen-bond acceptors (Lipinski definition) is 6. The number of carbonyl (C=O) groups is 1. The number of nitriles is 1. The van der Waals surface area contributed by atoms with Crippen molar-refractivity contribution in [2.45, 2.75) is 26.8 Å². The fourth-order valence-corrected chi connectivity index (χ4v) is 2.41. The van der Waals surface area contributed by atoms with Crippen LogP contribution in [0.3, 0.4) is 0 Å². The van der Waals surface area contributed by atoms with Crippen LogP contribution in [0.25, 0.3) is 0 Å². The van der Waals surface area contributed by atoms with Crippen molar-refractivity contribution in [3.63, 3.8) is 0 Å². The first-order valence-electron chi connectivity index (χ1n) is 7.09. The molecule has 1 aromatic heterocycles. The van der Waals surface area contributed by atoms with Crippen molar-refractivity contribution in [3.05, 3.63) is 16.8 Å². The largest absolute Gasteiger partial charge is 0.355 e. The molecule has 0 radical (unpaired) electrons. The van der Waals surface area contributed by atoms with Crippen LogP contribution in [0, 0.1) is 25.2 Å². The second-order valence-electron chi connectivity index (χ2n) is 5.03. The lowest BCUT2D eigenvalue weighted by atomic mass is 10.1. The lowest BCUT2D eigenvalue weighted by Crippen LogP contribution is -2.58. The van der Waals surface area contributed by atoms with Crippen LogP contribution in [0.15, 0.2) is 0 Å². The van der Waals surface area contributed by atoms with E-state index in [1.54, 1.807) is 0 Å². The smallest absolute Gasteiger partial charge is 0.244 e. The predicted molar refractivity (Wildman–Crippen MR) is 78.9 cm³/mol. The predicted octanol–water partition coefficient (Wildman–Crippen LogP) is -0.121. The van der Waals surface area contributed by atoms with Gasteiger partial charge >= 0.3 is 0 Å². The Hall–Kier alpha value is -2.20. The van der Waals surface area contributed by atoms with E-state index < -0.39 is 0 Å². The summed E-state index contributed by atoms with van der Waals surface area (Å²) < 4.78 is 0. The molecule has 1 saturated heterocycles. The molecule has 0 spiro atoms. The summed E-state index contributed by atoms with van der Waals surface area (Å²) in [6, 6.07) is 1.82. The summed E-state index contributed by atoms with van der Waals surface area (Å²) >= 11 is 0. The number of nitrogens with one attached hydrogen (secondary N) is 2. The van der Waals surface area contributed by atoms with E-state index in [-0.39, 0.29) is 11.9 Å². The molecular formula is C14H20N6O. The third kappa shape index (κ3) is 2.95. The maximum Gasteiger partial charge on any atom is 0.244 e. The summed E-state index contributed by atoms with van der Waals surface area (Å²) in [5, 5.41) is 23.7. The Morgan fingerprint density at radius 2 is 2.29 bits per heavy atom. The minimum atomic E-state index is -0.373. The number of nitrogens with zero attached hydrogens (tertiary/aromatic N) is 4. The highest BCUT2D eigenvalue weighted by Crippen LogP contribution is 2.23. The molecule has 2 rings (SSSR count). The van der Waals surface area contributed by atoms with Gasteiger partial charge in [0.05, 0.1) is 5.69 Å². The van der Waals surface area contributed by atoms with Crippen LogP contribution in [0.2, 0.25) is 0 Å². The van der Waals surface area contributed by atoms with Crippen molar-refractivity contribution < 1.29 is 4.79 Å². The van der Waals surface area contributed by atoms with Gasteiger partial charge in [0.25, 0.3) is 0 Å². The van der Waals surface area contributed by atoms with Crippen molar-refractivity contribution in [2.24, 2.45) is 0 Å². The number of piperazine rings is 1. The zero-order chi connectivity index (χ0) is 15.4. The van der Waals surface area contributed by atoms with Crippen molar-refractivity contribution in [1.29, 1.82) is 5.26 Å². The minimum Gasteiger partial charge on any atom is -0.355 e. The third-order valence-corrected chi connectivity index (χ3v) is 3.72. The monoisotopic (exact) mass is 288 g/mol. The van der Waals surface area contributed by atoms with E-state index in [0.29, 0.717) is 31.0 Å². The molecule has 2 N–H and O–H groups in total. The molecule has 0 aliphatic carbocycles. The lowest BCUT2D eigenvalue weighted by Gasteiger charge is -2.36. The van der Waals surface area contributed by atoms with E-state index >= 15 is 0 Å². The maximum atomic E-state index is 12.2. The number of aryl methyl sites for hydroxylation is 1. The normalized spacial score (nSPS) is 18.2. The Labute approximate surface area is 124 Å². The molecule has 0 bridgehead atoms. The van der Waals surface area contributed by atoms with Crippen LogP contribution in [-0.4, -0.2) is 48.3 Å². The van der Waals surface area contributed by atoms with E-state index in [0.717, 1.165) is 17.8 Å². The second-order valence-corrected chi connectivity index (χ2v) is 5.03. The Morgan fingerprint density at radius 1 is 1.52 bits per heavy atom. The van der Waals surface area contributed by atoms with Gasteiger partial charge in [0.15, 0.2) is 5.82 Å². The van der Waals surface area contributed by atoms with Crippen LogP contribution in [0.1, 0.15) is 23.7 Å². The molecule has 1 aliphatic heterocycles. The zero-order valence-electron chi connectivity index (χ0n) is 12.6. The quantitative estimate of drug-likeness (QED) is 0.805. The maximum absolute atomic E-state index is 12.2. The molecule has 0 aromatic carbocycles. The fraction of sp³-hybridized carbons (Fsp3) is 0.571. The van der Waals surface area contributed by atoms with E-state index in [9.17, 15) is 10.1 Å². The van der Waals surface area contributed by atoms with Crippen LogP contribution in [-0.2, 0) is 4.79 Å². The first-order valence-corrected chi connectivity index (χ1v) is 7.09. The lowest BCUT2D eigenvalue weighted by molar-refractivity contribution is -0.122. The van der Waals surface area contributed by atoms with E-state index in [1.807, 2.05) is 25.7 Å². The highest BCUT2D eigenvalue weighted by atomic mass is 16.2. The number of anilines is 1. The Balaban J connectivity index is 2.41. The summed E-state index contributed by atoms with van der Waals surface area (Å²) in [4.78, 5) is 14.1. The number of likely N-dealkylation sites (N-methyl/N-ethyl adjacent to an activating group) is 1. The van der Waals surface area contributed by atoms with Crippen LogP contribution in [0.4, 0.5) is 5.82 Å². The molecule has 21 heavy (non-hydrogen) atoms. The molecule has 1 fully saturated rings. The molecule has 112 valence electrons. The molecule has 1 aromatic rings. The fourth-order valence-electron chi connectivity index (χ4n) is 2.41. The van der Waals surface area contributed by atoms with Crippen molar-refractivity contribution >= 4 is 11.7 Å². The summed E-state index contributed by atoms with van der Waals surface area (Å²) in [5.74, 6) is 0.437. The van der Waals surface area contributed by atoms with Crippen molar-refractivity contribution in [3.8, 4) is 6.07 Å². The molecule has 7 nitrogen and oxygen atoms in total. The molecule has 0 saturated carbocycles. The van der Waals surface area contributed by atoms with Crippen LogP contribution >= 0.6 is 0 Å². The van der Waals surface area contributed by atoms with Gasteiger partial charge in [0, 0.05) is 26.2 Å². The van der Waals surface area contributed by atoms with Gasteiger partial charge in [-0.3, -0.25) is 4.79 Å². The SMILES string of the molecule is CCNC(=O)C1CNCCN1c1nnc(C)c(C)c1C#N. The average Bonchev–Trinajstić information content (AvgIpc) is 2.50. The summed E-state index contributed by atoms with van der Waals surface area (Å²) in [7, 11) is 0. The number of aromatic nitrogens is 2. The Bertz CT molecular complexity index is 580. The molecule has 1 unspecified atom stereocenters. The van der Waals surface area contributed by atoms with Gasteiger partial charge in [-0.15, -0.1) is 5.10 Å². The van der Waals surface area contributed by atoms with Crippen LogP contribution < -0.4 is 15.5 Å². The van der Waals surface area contributed by atoms with Crippen molar-refractivity contribution in [2.75, 3.05) is 31.1 Å². The van der Waals surface area contributed by atoms with E-state index in [4.69, 9.17) is 0 Å². The molecule has 2 heterocycles. The van der Waals surface area contributed by atoms with Gasteiger partial charge in [0.2, 0.25) is 5.91 Å². The van der Waals surface area contributed by atoms with Crippen LogP contribution in [0.5, 0.6) is 0 Å². The molecule has 1 amide bonds. The first kappa shape index (κ1) is 15.2. The average molecular weight is 288 g/mol. The van der Waals surface area contributed by atoms with Gasteiger partial charge in [-0.05, 0) is 26.3 Å². The zero-order valence-corrected chi connectivity index (χ0v) is 12.6. The molecular weight excluding hydrogens is 268 g/mol. The van der Waals surface area contributed by atoms with Crippen molar-refractivity contribution in [1.82, 2.24) is 20.8 Å². The number of carbonyl (C=O) groups excluding carboxylic acids is 1. The molecule has 1 aliphatic rings. The molecule has 1 atom stereocenters. The van der Waals surface area contributed by atoms with E-state index in [2.05, 4.69) is 26.9 Å². The summed E-state index contributed by atoms with van der Waals surface area (Å²) in [6.07, 6.45) is 0. The Kier molecular flexibility index (Phi) is 4.70. The Morgan fingerprint density at radius 3 is 2.95 bits per heavy atom. The van der Waals surface area contributed by atoms with Gasteiger partial charge in [-0.25, -0.2) is 0 Å². The highest BCUT2D eigenvalue weighted by Gasteiger charge is 2.31. The summed E-state index contributed by atoms with van der Waals surface area (Å²) in [5.41, 5.74) is 2.05. The third-order valence-electron chi connectivity index (χ3n) is 3.72. The number of hydrogen-bond donors (Lipinski definition) is 2. The van der Waals surface area contributed by atoms with Gasteiger partial charge in [-0.1, -0.05) is 0 Å². The second kappa shape index (κ2) is 6.50. The number of amides is 1. The first-order chi connectivity index (χ1) is 10.1. The van der Waals surface area contributed by atoms with Gasteiger partial charge < -0.3 is 15.5 Å². The summed E-state index contributed by atoms with van der Waals surface area (Å²) in [6.45, 7) is 8.04.